The number of carbonyl (C=O) groups is 1. The summed E-state index contributed by atoms with van der Waals surface area (Å²) in [4.78, 5) is 16.6. The molecule has 0 aliphatic carbocycles. The molecule has 0 atom stereocenters. The van der Waals surface area contributed by atoms with E-state index in [1.165, 1.54) is 0 Å². The Hall–Kier alpha value is -2.77. The number of ether oxygens (including phenoxy) is 3. The summed E-state index contributed by atoms with van der Waals surface area (Å²) in [7, 11) is 0. The third-order valence-electron chi connectivity index (χ3n) is 4.07. The average molecular weight is 417 g/mol. The van der Waals surface area contributed by atoms with E-state index in [1.807, 2.05) is 29.6 Å². The molecule has 1 N–H and O–H groups in total. The van der Waals surface area contributed by atoms with Gasteiger partial charge in [0.05, 0.1) is 10.7 Å². The van der Waals surface area contributed by atoms with Crippen LogP contribution in [-0.4, -0.2) is 30.8 Å². The van der Waals surface area contributed by atoms with Gasteiger partial charge in [0, 0.05) is 35.0 Å². The summed E-state index contributed by atoms with van der Waals surface area (Å²) in [5.74, 6) is 1.68. The first-order valence-electron chi connectivity index (χ1n) is 8.67. The van der Waals surface area contributed by atoms with Crippen molar-refractivity contribution in [3.8, 4) is 28.5 Å². The molecule has 0 bridgehead atoms. The number of benzene rings is 2. The van der Waals surface area contributed by atoms with E-state index in [0.717, 1.165) is 16.3 Å². The van der Waals surface area contributed by atoms with Gasteiger partial charge in [-0.15, -0.1) is 11.3 Å². The van der Waals surface area contributed by atoms with E-state index in [-0.39, 0.29) is 19.3 Å². The monoisotopic (exact) mass is 416 g/mol. The van der Waals surface area contributed by atoms with Crippen molar-refractivity contribution in [3.05, 3.63) is 57.9 Å². The number of aromatic nitrogens is 1. The molecular weight excluding hydrogens is 400 g/mol. The van der Waals surface area contributed by atoms with Gasteiger partial charge in [-0.1, -0.05) is 23.7 Å². The Morgan fingerprint density at radius 1 is 1.18 bits per heavy atom. The molecule has 2 aromatic carbocycles. The lowest BCUT2D eigenvalue weighted by Gasteiger charge is -2.07. The molecular formula is C20H17ClN2O4S. The maximum Gasteiger partial charge on any atom is 0.257 e. The topological polar surface area (TPSA) is 69.7 Å². The van der Waals surface area contributed by atoms with Crippen LogP contribution in [-0.2, 0) is 11.2 Å². The average Bonchev–Trinajstić information content (AvgIpc) is 3.36. The van der Waals surface area contributed by atoms with Gasteiger partial charge in [0.25, 0.3) is 5.91 Å². The van der Waals surface area contributed by atoms with Gasteiger partial charge in [-0.3, -0.25) is 4.79 Å². The first-order valence-corrected chi connectivity index (χ1v) is 9.92. The summed E-state index contributed by atoms with van der Waals surface area (Å²) >= 11 is 7.48. The van der Waals surface area contributed by atoms with Crippen LogP contribution in [0.4, 0.5) is 0 Å². The van der Waals surface area contributed by atoms with E-state index in [1.54, 1.807) is 29.5 Å². The van der Waals surface area contributed by atoms with Gasteiger partial charge in [-0.2, -0.15) is 0 Å². The van der Waals surface area contributed by atoms with Crippen molar-refractivity contribution in [2.24, 2.45) is 0 Å². The molecule has 144 valence electrons. The highest BCUT2D eigenvalue weighted by molar-refractivity contribution is 7.09. The number of halogens is 1. The van der Waals surface area contributed by atoms with Gasteiger partial charge < -0.3 is 19.5 Å². The predicted octanol–water partition coefficient (Wildman–Crippen LogP) is 3.93. The van der Waals surface area contributed by atoms with Gasteiger partial charge >= 0.3 is 0 Å². The molecule has 0 unspecified atom stereocenters. The Morgan fingerprint density at radius 2 is 2.00 bits per heavy atom. The van der Waals surface area contributed by atoms with Crippen LogP contribution in [0.5, 0.6) is 17.2 Å². The molecule has 0 saturated carbocycles. The first kappa shape index (κ1) is 18.6. The van der Waals surface area contributed by atoms with Crippen LogP contribution in [0.2, 0.25) is 5.02 Å². The SMILES string of the molecule is O=C(COc1ccc2c(c1)OCO2)NCCc1nc(-c2ccc(Cl)cc2)cs1. The Bertz CT molecular complexity index is 975. The standard InChI is InChI=1S/C20H17ClN2O4S/c21-14-3-1-13(2-4-14)16-11-28-20(23-16)7-8-22-19(24)10-25-15-5-6-17-18(9-15)27-12-26-17/h1-6,9,11H,7-8,10,12H2,(H,22,24). The maximum absolute atomic E-state index is 12.0. The second-order valence-corrected chi connectivity index (χ2v) is 7.42. The molecule has 0 saturated heterocycles. The largest absolute Gasteiger partial charge is 0.484 e. The Kier molecular flexibility index (Phi) is 5.64. The predicted molar refractivity (Wildman–Crippen MR) is 107 cm³/mol. The van der Waals surface area contributed by atoms with Crippen LogP contribution < -0.4 is 19.5 Å². The fourth-order valence-electron chi connectivity index (χ4n) is 2.65. The summed E-state index contributed by atoms with van der Waals surface area (Å²) in [6.45, 7) is 0.639. The summed E-state index contributed by atoms with van der Waals surface area (Å²) < 4.78 is 16.0. The molecule has 1 aromatic heterocycles. The molecule has 0 fully saturated rings. The van der Waals surface area contributed by atoms with Crippen molar-refractivity contribution in [2.75, 3.05) is 19.9 Å². The molecule has 6 nitrogen and oxygen atoms in total. The number of hydrogen-bond donors (Lipinski definition) is 1. The Labute approximate surface area is 171 Å². The second-order valence-electron chi connectivity index (χ2n) is 6.04. The zero-order chi connectivity index (χ0) is 19.3. The first-order chi connectivity index (χ1) is 13.7. The maximum atomic E-state index is 12.0. The zero-order valence-electron chi connectivity index (χ0n) is 14.8. The van der Waals surface area contributed by atoms with Gasteiger partial charge in [-0.05, 0) is 24.3 Å². The zero-order valence-corrected chi connectivity index (χ0v) is 16.4. The van der Waals surface area contributed by atoms with Crippen molar-refractivity contribution < 1.29 is 19.0 Å². The van der Waals surface area contributed by atoms with Gasteiger partial charge in [-0.25, -0.2) is 4.98 Å². The molecule has 0 spiro atoms. The lowest BCUT2D eigenvalue weighted by atomic mass is 10.2. The minimum absolute atomic E-state index is 0.0620. The van der Waals surface area contributed by atoms with Crippen LogP contribution in [0, 0.1) is 0 Å². The van der Waals surface area contributed by atoms with Crippen molar-refractivity contribution >= 4 is 28.8 Å². The van der Waals surface area contributed by atoms with Gasteiger partial charge in [0.15, 0.2) is 18.1 Å². The third kappa shape index (κ3) is 4.55. The molecule has 2 heterocycles. The summed E-state index contributed by atoms with van der Waals surface area (Å²) in [6.07, 6.45) is 0.661. The fraction of sp³-hybridized carbons (Fsp3) is 0.200. The number of carbonyl (C=O) groups excluding carboxylic acids is 1. The summed E-state index contributed by atoms with van der Waals surface area (Å²) in [5, 5.41) is 6.50. The highest BCUT2D eigenvalue weighted by Crippen LogP contribution is 2.35. The van der Waals surface area contributed by atoms with E-state index < -0.39 is 0 Å². The van der Waals surface area contributed by atoms with Gasteiger partial charge in [0.2, 0.25) is 6.79 Å². The molecule has 4 rings (SSSR count). The Balaban J connectivity index is 1.22. The highest BCUT2D eigenvalue weighted by atomic mass is 35.5. The molecule has 0 radical (unpaired) electrons. The molecule has 1 amide bonds. The number of nitrogens with zero attached hydrogens (tertiary/aromatic N) is 1. The van der Waals surface area contributed by atoms with Crippen LogP contribution in [0.3, 0.4) is 0 Å². The second kappa shape index (κ2) is 8.50. The summed E-state index contributed by atoms with van der Waals surface area (Å²) in [5.41, 5.74) is 1.93. The van der Waals surface area contributed by atoms with E-state index in [4.69, 9.17) is 25.8 Å². The third-order valence-corrected chi connectivity index (χ3v) is 5.23. The lowest BCUT2D eigenvalue weighted by molar-refractivity contribution is -0.123. The smallest absolute Gasteiger partial charge is 0.257 e. The number of amides is 1. The van der Waals surface area contributed by atoms with Crippen LogP contribution >= 0.6 is 22.9 Å². The molecule has 8 heteroatoms. The number of fused-ring (bicyclic) bond motifs is 1. The normalized spacial score (nSPS) is 12.0. The van der Waals surface area contributed by atoms with Crippen molar-refractivity contribution in [1.29, 1.82) is 0 Å². The lowest BCUT2D eigenvalue weighted by Crippen LogP contribution is -2.30. The minimum Gasteiger partial charge on any atom is -0.484 e. The number of thiazole rings is 1. The number of rotatable bonds is 7. The van der Waals surface area contributed by atoms with Crippen LogP contribution in [0.1, 0.15) is 5.01 Å². The van der Waals surface area contributed by atoms with E-state index in [2.05, 4.69) is 10.3 Å². The van der Waals surface area contributed by atoms with Crippen molar-refractivity contribution in [3.63, 3.8) is 0 Å². The van der Waals surface area contributed by atoms with Crippen LogP contribution in [0.25, 0.3) is 11.3 Å². The van der Waals surface area contributed by atoms with E-state index in [9.17, 15) is 4.79 Å². The van der Waals surface area contributed by atoms with Gasteiger partial charge in [0.1, 0.15) is 5.75 Å². The van der Waals surface area contributed by atoms with E-state index >= 15 is 0 Å². The van der Waals surface area contributed by atoms with Crippen LogP contribution in [0.15, 0.2) is 47.8 Å². The number of hydrogen-bond acceptors (Lipinski definition) is 6. The minimum atomic E-state index is -0.188. The van der Waals surface area contributed by atoms with Crippen molar-refractivity contribution in [1.82, 2.24) is 10.3 Å². The molecule has 3 aromatic rings. The number of nitrogens with one attached hydrogen (secondary N) is 1. The fourth-order valence-corrected chi connectivity index (χ4v) is 3.59. The highest BCUT2D eigenvalue weighted by Gasteiger charge is 2.14. The Morgan fingerprint density at radius 3 is 2.86 bits per heavy atom. The molecule has 1 aliphatic rings. The molecule has 1 aliphatic heterocycles. The molecule has 28 heavy (non-hydrogen) atoms. The quantitative estimate of drug-likeness (QED) is 0.632. The van der Waals surface area contributed by atoms with Crippen molar-refractivity contribution in [2.45, 2.75) is 6.42 Å². The summed E-state index contributed by atoms with van der Waals surface area (Å²) in [6, 6.07) is 12.8. The van der Waals surface area contributed by atoms with E-state index in [0.29, 0.717) is 35.2 Å².